The molecule has 4 atom stereocenters. The van der Waals surface area contributed by atoms with E-state index < -0.39 is 0 Å². The van der Waals surface area contributed by atoms with E-state index in [9.17, 15) is 4.79 Å². The third kappa shape index (κ3) is 2.35. The molecule has 0 saturated carbocycles. The quantitative estimate of drug-likeness (QED) is 0.790. The largest absolute Gasteiger partial charge is 0.462 e. The number of carbonyl (C=O) groups excluding carboxylic acids is 1. The van der Waals surface area contributed by atoms with Gasteiger partial charge in [0.05, 0.1) is 18.8 Å². The van der Waals surface area contributed by atoms with Crippen LogP contribution in [-0.2, 0) is 25.7 Å². The standard InChI is InChI=1S/C16H19NO4/c18-16-14-13(10-20-16)21-17-8-4-7-12(15(14)17)19-9-11-5-2-1-3-6-11/h1-3,5-6,12-15H,4,7-10H2/t12-,13-,14+,15-/m0/s1. The molecule has 0 aliphatic carbocycles. The van der Waals surface area contributed by atoms with Gasteiger partial charge in [-0.2, -0.15) is 5.06 Å². The summed E-state index contributed by atoms with van der Waals surface area (Å²) in [5.74, 6) is -0.325. The van der Waals surface area contributed by atoms with Crippen molar-refractivity contribution < 1.29 is 19.1 Å². The van der Waals surface area contributed by atoms with E-state index >= 15 is 0 Å². The third-order valence-electron chi connectivity index (χ3n) is 4.59. The monoisotopic (exact) mass is 289 g/mol. The van der Waals surface area contributed by atoms with E-state index in [1.165, 1.54) is 0 Å². The van der Waals surface area contributed by atoms with E-state index in [-0.39, 0.29) is 30.1 Å². The molecule has 0 spiro atoms. The smallest absolute Gasteiger partial charge is 0.313 e. The van der Waals surface area contributed by atoms with E-state index in [0.717, 1.165) is 24.9 Å². The van der Waals surface area contributed by atoms with Gasteiger partial charge in [-0.25, -0.2) is 0 Å². The summed E-state index contributed by atoms with van der Waals surface area (Å²) in [6, 6.07) is 10.1. The maximum atomic E-state index is 11.9. The van der Waals surface area contributed by atoms with Crippen molar-refractivity contribution in [2.75, 3.05) is 13.2 Å². The first-order valence-corrected chi connectivity index (χ1v) is 7.58. The predicted molar refractivity (Wildman–Crippen MR) is 74.1 cm³/mol. The van der Waals surface area contributed by atoms with Gasteiger partial charge in [0.1, 0.15) is 18.6 Å². The SMILES string of the molecule is O=C1OC[C@@H]2ON3CCC[C@H](OCc4ccccc4)[C@H]3[C@H]12. The molecule has 0 N–H and O–H groups in total. The number of hydrogen-bond acceptors (Lipinski definition) is 5. The molecule has 3 aliphatic heterocycles. The van der Waals surface area contributed by atoms with Crippen LogP contribution >= 0.6 is 0 Å². The average molecular weight is 289 g/mol. The van der Waals surface area contributed by atoms with Gasteiger partial charge >= 0.3 is 5.97 Å². The van der Waals surface area contributed by atoms with Crippen LogP contribution in [0.1, 0.15) is 18.4 Å². The molecule has 1 aromatic rings. The van der Waals surface area contributed by atoms with E-state index in [1.54, 1.807) is 0 Å². The predicted octanol–water partition coefficient (Wildman–Crippen LogP) is 1.52. The molecule has 5 nitrogen and oxygen atoms in total. The van der Waals surface area contributed by atoms with Gasteiger partial charge < -0.3 is 9.47 Å². The molecule has 0 radical (unpaired) electrons. The highest BCUT2D eigenvalue weighted by Gasteiger charge is 2.56. The molecule has 0 unspecified atom stereocenters. The van der Waals surface area contributed by atoms with Crippen molar-refractivity contribution >= 4 is 5.97 Å². The molecule has 4 rings (SSSR count). The number of carbonyl (C=O) groups is 1. The maximum absolute atomic E-state index is 11.9. The van der Waals surface area contributed by atoms with Crippen LogP contribution in [-0.4, -0.2) is 42.4 Å². The molecule has 3 fully saturated rings. The molecule has 3 aliphatic rings. The molecule has 5 heteroatoms. The summed E-state index contributed by atoms with van der Waals surface area (Å²) in [5, 5.41) is 1.95. The Balaban J connectivity index is 1.48. The van der Waals surface area contributed by atoms with Gasteiger partial charge in [-0.1, -0.05) is 30.3 Å². The van der Waals surface area contributed by atoms with Crippen LogP contribution in [0.2, 0.25) is 0 Å². The number of esters is 1. The lowest BCUT2D eigenvalue weighted by Crippen LogP contribution is -2.49. The summed E-state index contributed by atoms with van der Waals surface area (Å²) < 4.78 is 11.2. The number of ether oxygens (including phenoxy) is 2. The zero-order chi connectivity index (χ0) is 14.2. The van der Waals surface area contributed by atoms with Crippen LogP contribution in [0.5, 0.6) is 0 Å². The van der Waals surface area contributed by atoms with Crippen LogP contribution in [0.4, 0.5) is 0 Å². The van der Waals surface area contributed by atoms with Gasteiger partial charge in [0.25, 0.3) is 0 Å². The lowest BCUT2D eigenvalue weighted by Gasteiger charge is -2.36. The second-order valence-corrected chi connectivity index (χ2v) is 5.91. The summed E-state index contributed by atoms with van der Waals surface area (Å²) in [6.07, 6.45) is 1.90. The third-order valence-corrected chi connectivity index (χ3v) is 4.59. The van der Waals surface area contributed by atoms with E-state index in [2.05, 4.69) is 12.1 Å². The van der Waals surface area contributed by atoms with Crippen LogP contribution < -0.4 is 0 Å². The van der Waals surface area contributed by atoms with E-state index in [0.29, 0.717) is 13.2 Å². The van der Waals surface area contributed by atoms with Gasteiger partial charge in [0.2, 0.25) is 0 Å². The minimum Gasteiger partial charge on any atom is -0.462 e. The van der Waals surface area contributed by atoms with Gasteiger partial charge in [-0.15, -0.1) is 0 Å². The first-order valence-electron chi connectivity index (χ1n) is 7.58. The molecule has 0 aromatic heterocycles. The lowest BCUT2D eigenvalue weighted by molar-refractivity contribution is -0.205. The van der Waals surface area contributed by atoms with Crippen molar-refractivity contribution in [3.05, 3.63) is 35.9 Å². The molecule has 21 heavy (non-hydrogen) atoms. The normalized spacial score (nSPS) is 35.3. The zero-order valence-corrected chi connectivity index (χ0v) is 11.8. The first-order chi connectivity index (χ1) is 10.3. The van der Waals surface area contributed by atoms with Gasteiger partial charge in [-0.3, -0.25) is 9.63 Å². The number of cyclic esters (lactones) is 1. The molecule has 1 aromatic carbocycles. The summed E-state index contributed by atoms with van der Waals surface area (Å²) in [7, 11) is 0. The van der Waals surface area contributed by atoms with Crippen molar-refractivity contribution in [3.8, 4) is 0 Å². The molecular weight excluding hydrogens is 270 g/mol. The first kappa shape index (κ1) is 13.2. The molecule has 3 saturated heterocycles. The molecule has 3 heterocycles. The van der Waals surface area contributed by atoms with E-state index in [4.69, 9.17) is 14.3 Å². The second-order valence-electron chi connectivity index (χ2n) is 5.91. The maximum Gasteiger partial charge on any atom is 0.313 e. The Labute approximate surface area is 123 Å². The number of rotatable bonds is 3. The highest BCUT2D eigenvalue weighted by atomic mass is 16.7. The Bertz CT molecular complexity index is 520. The molecule has 0 bridgehead atoms. The fourth-order valence-electron chi connectivity index (χ4n) is 3.59. The molecular formula is C16H19NO4. The fraction of sp³-hybridized carbons (Fsp3) is 0.562. The Kier molecular flexibility index (Phi) is 3.41. The van der Waals surface area contributed by atoms with Crippen LogP contribution in [0.15, 0.2) is 30.3 Å². The lowest BCUT2D eigenvalue weighted by atomic mass is 9.88. The number of hydroxylamine groups is 2. The van der Waals surface area contributed by atoms with Gasteiger partial charge in [0.15, 0.2) is 0 Å². The van der Waals surface area contributed by atoms with Crippen molar-refractivity contribution in [3.63, 3.8) is 0 Å². The van der Waals surface area contributed by atoms with Crippen molar-refractivity contribution in [1.82, 2.24) is 5.06 Å². The Hall–Kier alpha value is -1.43. The number of nitrogens with zero attached hydrogens (tertiary/aromatic N) is 1. The summed E-state index contributed by atoms with van der Waals surface area (Å²) >= 11 is 0. The minimum atomic E-state index is -0.189. The molecule has 0 amide bonds. The number of piperidine rings is 1. The van der Waals surface area contributed by atoms with Gasteiger partial charge in [0, 0.05) is 6.54 Å². The Morgan fingerprint density at radius 2 is 2.14 bits per heavy atom. The zero-order valence-electron chi connectivity index (χ0n) is 11.8. The number of hydrogen-bond donors (Lipinski definition) is 0. The summed E-state index contributed by atoms with van der Waals surface area (Å²) in [4.78, 5) is 17.8. The topological polar surface area (TPSA) is 48.0 Å². The highest BCUT2D eigenvalue weighted by Crippen LogP contribution is 2.39. The van der Waals surface area contributed by atoms with Crippen molar-refractivity contribution in [2.24, 2.45) is 5.92 Å². The average Bonchev–Trinajstić information content (AvgIpc) is 3.06. The van der Waals surface area contributed by atoms with Crippen molar-refractivity contribution in [1.29, 1.82) is 0 Å². The summed E-state index contributed by atoms with van der Waals surface area (Å²) in [5.41, 5.74) is 1.15. The van der Waals surface area contributed by atoms with Crippen LogP contribution in [0.3, 0.4) is 0 Å². The van der Waals surface area contributed by atoms with Crippen molar-refractivity contribution in [2.45, 2.75) is 37.7 Å². The Morgan fingerprint density at radius 1 is 1.29 bits per heavy atom. The Morgan fingerprint density at radius 3 is 3.00 bits per heavy atom. The van der Waals surface area contributed by atoms with E-state index in [1.807, 2.05) is 23.3 Å². The van der Waals surface area contributed by atoms with Gasteiger partial charge in [-0.05, 0) is 18.4 Å². The van der Waals surface area contributed by atoms with Crippen LogP contribution in [0, 0.1) is 5.92 Å². The second kappa shape index (κ2) is 5.40. The summed E-state index contributed by atoms with van der Waals surface area (Å²) in [6.45, 7) is 1.82. The minimum absolute atomic E-state index is 0.00228. The van der Waals surface area contributed by atoms with Crippen LogP contribution in [0.25, 0.3) is 0 Å². The number of fused-ring (bicyclic) bond motifs is 3. The number of benzene rings is 1. The molecule has 112 valence electrons. The highest BCUT2D eigenvalue weighted by molar-refractivity contribution is 5.76. The fourth-order valence-corrected chi connectivity index (χ4v) is 3.59.